The van der Waals surface area contributed by atoms with E-state index in [4.69, 9.17) is 16.1 Å². The summed E-state index contributed by atoms with van der Waals surface area (Å²) in [7, 11) is 0. The van der Waals surface area contributed by atoms with Crippen LogP contribution in [0.3, 0.4) is 0 Å². The van der Waals surface area contributed by atoms with Crippen LogP contribution >= 0.6 is 11.6 Å². The normalized spacial score (nSPS) is 10.2. The SMILES string of the molecule is Cc1noc(C(=O)NCc2ccccn2)c1Cl. The first-order valence-corrected chi connectivity index (χ1v) is 5.36. The monoisotopic (exact) mass is 251 g/mol. The quantitative estimate of drug-likeness (QED) is 0.906. The molecule has 0 aliphatic heterocycles. The lowest BCUT2D eigenvalue weighted by atomic mass is 10.3. The second-order valence-electron chi connectivity index (χ2n) is 3.41. The molecule has 2 rings (SSSR count). The maximum Gasteiger partial charge on any atom is 0.291 e. The first-order valence-electron chi connectivity index (χ1n) is 4.98. The molecule has 0 bridgehead atoms. The molecule has 0 aromatic carbocycles. The van der Waals surface area contributed by atoms with Crippen molar-refractivity contribution in [2.45, 2.75) is 13.5 Å². The number of hydrogen-bond donors (Lipinski definition) is 1. The Morgan fingerprint density at radius 1 is 1.53 bits per heavy atom. The summed E-state index contributed by atoms with van der Waals surface area (Å²) in [6.07, 6.45) is 1.66. The highest BCUT2D eigenvalue weighted by molar-refractivity contribution is 6.33. The molecule has 0 aliphatic carbocycles. The van der Waals surface area contributed by atoms with E-state index in [2.05, 4.69) is 15.5 Å². The van der Waals surface area contributed by atoms with Gasteiger partial charge in [0, 0.05) is 6.20 Å². The first kappa shape index (κ1) is 11.6. The zero-order valence-corrected chi connectivity index (χ0v) is 9.86. The van der Waals surface area contributed by atoms with E-state index in [1.165, 1.54) is 0 Å². The molecule has 0 radical (unpaired) electrons. The molecule has 88 valence electrons. The van der Waals surface area contributed by atoms with Crippen LogP contribution in [0.5, 0.6) is 0 Å². The van der Waals surface area contributed by atoms with Gasteiger partial charge in [-0.15, -0.1) is 0 Å². The molecule has 6 heteroatoms. The Hall–Kier alpha value is -1.88. The number of rotatable bonds is 3. The van der Waals surface area contributed by atoms with Gasteiger partial charge in [-0.25, -0.2) is 0 Å². The maximum absolute atomic E-state index is 11.7. The second kappa shape index (κ2) is 4.97. The minimum absolute atomic E-state index is 0.0279. The van der Waals surface area contributed by atoms with Crippen molar-refractivity contribution in [1.82, 2.24) is 15.5 Å². The Morgan fingerprint density at radius 2 is 2.35 bits per heavy atom. The molecule has 0 unspecified atom stereocenters. The smallest absolute Gasteiger partial charge is 0.291 e. The summed E-state index contributed by atoms with van der Waals surface area (Å²) in [5.41, 5.74) is 1.25. The molecule has 2 aromatic rings. The summed E-state index contributed by atoms with van der Waals surface area (Å²) in [4.78, 5) is 15.8. The zero-order valence-electron chi connectivity index (χ0n) is 9.11. The zero-order chi connectivity index (χ0) is 12.3. The molecule has 5 nitrogen and oxygen atoms in total. The minimum atomic E-state index is -0.402. The van der Waals surface area contributed by atoms with Crippen molar-refractivity contribution >= 4 is 17.5 Å². The third-order valence-corrected chi connectivity index (χ3v) is 2.60. The fourth-order valence-corrected chi connectivity index (χ4v) is 1.41. The van der Waals surface area contributed by atoms with Gasteiger partial charge in [-0.3, -0.25) is 9.78 Å². The molecule has 0 saturated heterocycles. The van der Waals surface area contributed by atoms with Crippen molar-refractivity contribution in [2.24, 2.45) is 0 Å². The number of hydrogen-bond acceptors (Lipinski definition) is 4. The molecule has 1 N–H and O–H groups in total. The highest BCUT2D eigenvalue weighted by atomic mass is 35.5. The Balaban J connectivity index is 2.01. The van der Waals surface area contributed by atoms with Gasteiger partial charge in [-0.05, 0) is 19.1 Å². The van der Waals surface area contributed by atoms with Crippen molar-refractivity contribution in [3.8, 4) is 0 Å². The van der Waals surface area contributed by atoms with Crippen molar-refractivity contribution in [2.75, 3.05) is 0 Å². The van der Waals surface area contributed by atoms with E-state index in [1.54, 1.807) is 13.1 Å². The van der Waals surface area contributed by atoms with Crippen LogP contribution < -0.4 is 5.32 Å². The minimum Gasteiger partial charge on any atom is -0.349 e. The topological polar surface area (TPSA) is 68.0 Å². The summed E-state index contributed by atoms with van der Waals surface area (Å²) in [6, 6.07) is 5.47. The third-order valence-electron chi connectivity index (χ3n) is 2.15. The van der Waals surface area contributed by atoms with Crippen LogP contribution in [0.2, 0.25) is 5.02 Å². The average Bonchev–Trinajstić information content (AvgIpc) is 2.69. The Morgan fingerprint density at radius 3 is 2.94 bits per heavy atom. The van der Waals surface area contributed by atoms with Gasteiger partial charge >= 0.3 is 0 Å². The van der Waals surface area contributed by atoms with E-state index < -0.39 is 5.91 Å². The number of carbonyl (C=O) groups is 1. The molecule has 0 saturated carbocycles. The number of aromatic nitrogens is 2. The number of pyridine rings is 1. The van der Waals surface area contributed by atoms with E-state index in [0.29, 0.717) is 12.2 Å². The molecular weight excluding hydrogens is 242 g/mol. The number of aryl methyl sites for hydroxylation is 1. The van der Waals surface area contributed by atoms with Crippen LogP contribution in [-0.4, -0.2) is 16.0 Å². The third kappa shape index (κ3) is 2.62. The second-order valence-corrected chi connectivity index (χ2v) is 3.79. The predicted molar refractivity (Wildman–Crippen MR) is 61.7 cm³/mol. The van der Waals surface area contributed by atoms with Crippen LogP contribution in [-0.2, 0) is 6.54 Å². The standard InChI is InChI=1S/C11H10ClN3O2/c1-7-9(12)10(17-15-7)11(16)14-6-8-4-2-3-5-13-8/h2-5H,6H2,1H3,(H,14,16). The van der Waals surface area contributed by atoms with Gasteiger partial charge in [-0.1, -0.05) is 22.8 Å². The molecule has 0 aliphatic rings. The van der Waals surface area contributed by atoms with Crippen molar-refractivity contribution in [1.29, 1.82) is 0 Å². The van der Waals surface area contributed by atoms with Crippen LogP contribution in [0.25, 0.3) is 0 Å². The molecule has 2 aromatic heterocycles. The highest BCUT2D eigenvalue weighted by Gasteiger charge is 2.18. The average molecular weight is 252 g/mol. The van der Waals surface area contributed by atoms with Gasteiger partial charge in [0.25, 0.3) is 5.91 Å². The molecule has 1 amide bonds. The summed E-state index contributed by atoms with van der Waals surface area (Å²) >= 11 is 5.85. The van der Waals surface area contributed by atoms with Crippen molar-refractivity contribution in [3.05, 3.63) is 46.6 Å². The van der Waals surface area contributed by atoms with E-state index in [1.807, 2.05) is 18.2 Å². The number of nitrogens with one attached hydrogen (secondary N) is 1. The summed E-state index contributed by atoms with van der Waals surface area (Å²) < 4.78 is 4.83. The molecule has 2 heterocycles. The summed E-state index contributed by atoms with van der Waals surface area (Å²) in [5.74, 6) is -0.374. The van der Waals surface area contributed by atoms with Gasteiger partial charge in [0.15, 0.2) is 0 Å². The van der Waals surface area contributed by atoms with Crippen molar-refractivity contribution in [3.63, 3.8) is 0 Å². The van der Waals surface area contributed by atoms with Crippen LogP contribution in [0.15, 0.2) is 28.9 Å². The van der Waals surface area contributed by atoms with E-state index in [9.17, 15) is 4.79 Å². The lowest BCUT2D eigenvalue weighted by Crippen LogP contribution is -2.23. The number of amides is 1. The molecule has 0 spiro atoms. The van der Waals surface area contributed by atoms with Crippen molar-refractivity contribution < 1.29 is 9.32 Å². The van der Waals surface area contributed by atoms with Gasteiger partial charge in [0.2, 0.25) is 5.76 Å². The largest absolute Gasteiger partial charge is 0.349 e. The molecule has 0 fully saturated rings. The Kier molecular flexibility index (Phi) is 3.39. The fourth-order valence-electron chi connectivity index (χ4n) is 1.25. The fraction of sp³-hybridized carbons (Fsp3) is 0.182. The highest BCUT2D eigenvalue weighted by Crippen LogP contribution is 2.19. The number of carbonyl (C=O) groups excluding carboxylic acids is 1. The molecular formula is C11H10ClN3O2. The van der Waals surface area contributed by atoms with Gasteiger partial charge in [-0.2, -0.15) is 0 Å². The number of halogens is 1. The number of nitrogens with zero attached hydrogens (tertiary/aromatic N) is 2. The Bertz CT molecular complexity index is 525. The predicted octanol–water partition coefficient (Wildman–Crippen LogP) is 1.96. The summed E-state index contributed by atoms with van der Waals surface area (Å²) in [5, 5.41) is 6.50. The van der Waals surface area contributed by atoms with Crippen LogP contribution in [0, 0.1) is 6.92 Å². The van der Waals surface area contributed by atoms with E-state index in [0.717, 1.165) is 5.69 Å². The summed E-state index contributed by atoms with van der Waals surface area (Å²) in [6.45, 7) is 1.98. The first-order chi connectivity index (χ1) is 8.18. The molecule has 0 atom stereocenters. The van der Waals surface area contributed by atoms with Crippen LogP contribution in [0.1, 0.15) is 21.9 Å². The van der Waals surface area contributed by atoms with Gasteiger partial charge in [0.1, 0.15) is 5.02 Å². The van der Waals surface area contributed by atoms with Gasteiger partial charge in [0.05, 0.1) is 17.9 Å². The van der Waals surface area contributed by atoms with E-state index in [-0.39, 0.29) is 10.8 Å². The molecule has 17 heavy (non-hydrogen) atoms. The van der Waals surface area contributed by atoms with Crippen LogP contribution in [0.4, 0.5) is 0 Å². The maximum atomic E-state index is 11.7. The Labute approximate surface area is 103 Å². The van der Waals surface area contributed by atoms with Gasteiger partial charge < -0.3 is 9.84 Å². The lowest BCUT2D eigenvalue weighted by molar-refractivity contribution is 0.0913. The lowest BCUT2D eigenvalue weighted by Gasteiger charge is -2.01. The van der Waals surface area contributed by atoms with E-state index >= 15 is 0 Å².